The summed E-state index contributed by atoms with van der Waals surface area (Å²) < 4.78 is 5.63. The molecule has 0 aliphatic rings. The zero-order valence-electron chi connectivity index (χ0n) is 13.6. The fraction of sp³-hybridized carbons (Fsp3) is 0.562. The molecule has 2 rings (SSSR count). The van der Waals surface area contributed by atoms with Crippen LogP contribution in [0.1, 0.15) is 35.9 Å². The molecule has 0 atom stereocenters. The van der Waals surface area contributed by atoms with Crippen molar-refractivity contribution in [1.29, 1.82) is 0 Å². The molecule has 2 aromatic heterocycles. The molecule has 21 heavy (non-hydrogen) atoms. The summed E-state index contributed by atoms with van der Waals surface area (Å²) in [6.07, 6.45) is 0. The second-order valence-corrected chi connectivity index (χ2v) is 6.96. The zero-order valence-corrected chi connectivity index (χ0v) is 14.4. The highest BCUT2D eigenvalue weighted by molar-refractivity contribution is 7.15. The predicted molar refractivity (Wildman–Crippen MR) is 88.9 cm³/mol. The van der Waals surface area contributed by atoms with Crippen LogP contribution in [0.5, 0.6) is 0 Å². The topological polar surface area (TPSA) is 41.3 Å². The maximum Gasteiger partial charge on any atom is 0.185 e. The molecular formula is C16H25N3OS. The lowest BCUT2D eigenvalue weighted by molar-refractivity contribution is 0.481. The lowest BCUT2D eigenvalue weighted by Crippen LogP contribution is -2.18. The number of nitrogens with one attached hydrogen (secondary N) is 1. The molecule has 116 valence electrons. The summed E-state index contributed by atoms with van der Waals surface area (Å²) >= 11 is 1.76. The van der Waals surface area contributed by atoms with E-state index in [1.54, 1.807) is 11.3 Å². The predicted octanol–water partition coefficient (Wildman–Crippen LogP) is 3.73. The zero-order chi connectivity index (χ0) is 15.4. The van der Waals surface area contributed by atoms with Gasteiger partial charge in [0.15, 0.2) is 5.13 Å². The first-order valence-corrected chi connectivity index (χ1v) is 8.21. The number of rotatable bonds is 7. The minimum atomic E-state index is 0.669. The van der Waals surface area contributed by atoms with E-state index in [1.165, 1.54) is 4.88 Å². The minimum absolute atomic E-state index is 0.669. The van der Waals surface area contributed by atoms with Gasteiger partial charge in [-0.1, -0.05) is 13.8 Å². The smallest absolute Gasteiger partial charge is 0.185 e. The van der Waals surface area contributed by atoms with E-state index in [4.69, 9.17) is 4.42 Å². The molecule has 0 saturated heterocycles. The third-order valence-corrected chi connectivity index (χ3v) is 4.51. The number of aromatic nitrogens is 1. The fourth-order valence-corrected chi connectivity index (χ4v) is 3.08. The lowest BCUT2D eigenvalue weighted by atomic mass is 10.2. The molecule has 0 radical (unpaired) electrons. The van der Waals surface area contributed by atoms with Crippen LogP contribution in [-0.2, 0) is 13.1 Å². The maximum atomic E-state index is 5.63. The van der Waals surface area contributed by atoms with Gasteiger partial charge in [-0.3, -0.25) is 0 Å². The Morgan fingerprint density at radius 3 is 2.71 bits per heavy atom. The first-order chi connectivity index (χ1) is 9.95. The number of hydrogen-bond donors (Lipinski definition) is 1. The van der Waals surface area contributed by atoms with Gasteiger partial charge in [-0.25, -0.2) is 4.98 Å². The highest BCUT2D eigenvalue weighted by Crippen LogP contribution is 2.26. The molecule has 0 aliphatic heterocycles. The number of aryl methyl sites for hydroxylation is 2. The molecule has 1 N–H and O–H groups in total. The second-order valence-electron chi connectivity index (χ2n) is 5.90. The molecular weight excluding hydrogens is 282 g/mol. The summed E-state index contributed by atoms with van der Waals surface area (Å²) in [4.78, 5) is 8.13. The summed E-state index contributed by atoms with van der Waals surface area (Å²) in [5.74, 6) is 2.59. The highest BCUT2D eigenvalue weighted by Gasteiger charge is 2.12. The van der Waals surface area contributed by atoms with E-state index in [9.17, 15) is 0 Å². The van der Waals surface area contributed by atoms with Crippen LogP contribution in [0.4, 0.5) is 5.13 Å². The number of nitrogens with zero attached hydrogens (tertiary/aromatic N) is 2. The molecule has 0 aliphatic carbocycles. The van der Waals surface area contributed by atoms with Crippen LogP contribution < -0.4 is 10.2 Å². The van der Waals surface area contributed by atoms with Crippen molar-refractivity contribution >= 4 is 16.5 Å². The first-order valence-electron chi connectivity index (χ1n) is 7.39. The summed E-state index contributed by atoms with van der Waals surface area (Å²) in [7, 11) is 2.06. The number of furan rings is 1. The van der Waals surface area contributed by atoms with Crippen molar-refractivity contribution in [1.82, 2.24) is 10.3 Å². The highest BCUT2D eigenvalue weighted by atomic mass is 32.1. The van der Waals surface area contributed by atoms with Crippen molar-refractivity contribution in [2.45, 2.75) is 40.8 Å². The third-order valence-electron chi connectivity index (χ3n) is 3.24. The second kappa shape index (κ2) is 7.09. The Hall–Kier alpha value is -1.33. The van der Waals surface area contributed by atoms with Crippen molar-refractivity contribution in [3.05, 3.63) is 34.2 Å². The molecule has 2 heterocycles. The van der Waals surface area contributed by atoms with Crippen molar-refractivity contribution in [2.75, 3.05) is 18.5 Å². The number of anilines is 1. The Balaban J connectivity index is 1.96. The van der Waals surface area contributed by atoms with Gasteiger partial charge in [-0.2, -0.15) is 0 Å². The molecule has 0 aromatic carbocycles. The summed E-state index contributed by atoms with van der Waals surface area (Å²) in [6, 6.07) is 4.02. The first kappa shape index (κ1) is 16.0. The average molecular weight is 307 g/mol. The van der Waals surface area contributed by atoms with Gasteiger partial charge in [0, 0.05) is 18.5 Å². The molecule has 2 aromatic rings. The van der Waals surface area contributed by atoms with E-state index in [0.717, 1.165) is 42.0 Å². The van der Waals surface area contributed by atoms with Crippen molar-refractivity contribution in [2.24, 2.45) is 5.92 Å². The van der Waals surface area contributed by atoms with Gasteiger partial charge in [0.05, 0.1) is 12.2 Å². The van der Waals surface area contributed by atoms with Gasteiger partial charge >= 0.3 is 0 Å². The summed E-state index contributed by atoms with van der Waals surface area (Å²) in [5, 5.41) is 4.52. The van der Waals surface area contributed by atoms with E-state index in [2.05, 4.69) is 43.0 Å². The standard InChI is InChI=1S/C16H25N3OS/c1-11(2)8-17-9-15-13(4)18-16(21-15)19(5)10-14-7-6-12(3)20-14/h6-7,11,17H,8-10H2,1-5H3. The van der Waals surface area contributed by atoms with E-state index in [-0.39, 0.29) is 0 Å². The Bertz CT molecular complexity index is 574. The molecule has 0 amide bonds. The largest absolute Gasteiger partial charge is 0.464 e. The quantitative estimate of drug-likeness (QED) is 0.846. The Kier molecular flexibility index (Phi) is 5.42. The maximum absolute atomic E-state index is 5.63. The fourth-order valence-electron chi connectivity index (χ4n) is 2.09. The van der Waals surface area contributed by atoms with Gasteiger partial charge < -0.3 is 14.6 Å². The number of thiazole rings is 1. The van der Waals surface area contributed by atoms with Crippen LogP contribution in [0, 0.1) is 19.8 Å². The molecule has 4 nitrogen and oxygen atoms in total. The van der Waals surface area contributed by atoms with Crippen LogP contribution in [-0.4, -0.2) is 18.6 Å². The van der Waals surface area contributed by atoms with Gasteiger partial charge in [0.1, 0.15) is 11.5 Å². The Morgan fingerprint density at radius 1 is 1.33 bits per heavy atom. The van der Waals surface area contributed by atoms with E-state index < -0.39 is 0 Å². The molecule has 0 fully saturated rings. The van der Waals surface area contributed by atoms with E-state index >= 15 is 0 Å². The van der Waals surface area contributed by atoms with Crippen LogP contribution in [0.3, 0.4) is 0 Å². The minimum Gasteiger partial charge on any atom is -0.464 e. The third kappa shape index (κ3) is 4.58. The van der Waals surface area contributed by atoms with Crippen LogP contribution >= 0.6 is 11.3 Å². The monoisotopic (exact) mass is 307 g/mol. The van der Waals surface area contributed by atoms with Crippen molar-refractivity contribution in [3.63, 3.8) is 0 Å². The molecule has 0 saturated carbocycles. The molecule has 0 bridgehead atoms. The molecule has 0 unspecified atom stereocenters. The van der Waals surface area contributed by atoms with Gasteiger partial charge in [-0.05, 0) is 38.4 Å². The van der Waals surface area contributed by atoms with Crippen LogP contribution in [0.2, 0.25) is 0 Å². The van der Waals surface area contributed by atoms with Crippen molar-refractivity contribution < 1.29 is 4.42 Å². The molecule has 5 heteroatoms. The lowest BCUT2D eigenvalue weighted by Gasteiger charge is -2.13. The Morgan fingerprint density at radius 2 is 2.10 bits per heavy atom. The summed E-state index contributed by atoms with van der Waals surface area (Å²) in [5.41, 5.74) is 1.12. The molecule has 0 spiro atoms. The average Bonchev–Trinajstić information content (AvgIpc) is 2.96. The normalized spacial score (nSPS) is 11.3. The Labute approximate surface area is 131 Å². The SMILES string of the molecule is Cc1ccc(CN(C)c2nc(C)c(CNCC(C)C)s2)o1. The van der Waals surface area contributed by atoms with Gasteiger partial charge in [-0.15, -0.1) is 11.3 Å². The van der Waals surface area contributed by atoms with Crippen molar-refractivity contribution in [3.8, 4) is 0 Å². The summed E-state index contributed by atoms with van der Waals surface area (Å²) in [6.45, 7) is 11.2. The van der Waals surface area contributed by atoms with E-state index in [0.29, 0.717) is 5.92 Å². The number of hydrogen-bond acceptors (Lipinski definition) is 5. The van der Waals surface area contributed by atoms with Gasteiger partial charge in [0.2, 0.25) is 0 Å². The van der Waals surface area contributed by atoms with Crippen LogP contribution in [0.15, 0.2) is 16.5 Å². The van der Waals surface area contributed by atoms with Crippen LogP contribution in [0.25, 0.3) is 0 Å². The van der Waals surface area contributed by atoms with E-state index in [1.807, 2.05) is 19.1 Å². The van der Waals surface area contributed by atoms with Gasteiger partial charge in [0.25, 0.3) is 0 Å².